The molecule has 2 unspecified atom stereocenters. The molecular weight excluding hydrogens is 232 g/mol. The van der Waals surface area contributed by atoms with Gasteiger partial charge in [-0.1, -0.05) is 13.3 Å². The average Bonchev–Trinajstić information content (AvgIpc) is 2.37. The summed E-state index contributed by atoms with van der Waals surface area (Å²) in [6.07, 6.45) is 5.82. The quantitative estimate of drug-likeness (QED) is 0.779. The maximum absolute atomic E-state index is 11.9. The number of hydrogen-bond acceptors (Lipinski definition) is 5. The average molecular weight is 252 g/mol. The van der Waals surface area contributed by atoms with E-state index in [0.717, 1.165) is 6.42 Å². The molecule has 0 amide bonds. The van der Waals surface area contributed by atoms with Crippen molar-refractivity contribution in [1.29, 1.82) is 0 Å². The first kappa shape index (κ1) is 14.6. The molecule has 0 saturated carbocycles. The van der Waals surface area contributed by atoms with Crippen LogP contribution in [-0.2, 0) is 15.1 Å². The Labute approximate surface area is 107 Å². The van der Waals surface area contributed by atoms with E-state index in [0.29, 0.717) is 18.7 Å². The van der Waals surface area contributed by atoms with E-state index >= 15 is 0 Å². The lowest BCUT2D eigenvalue weighted by Crippen LogP contribution is -2.39. The molecule has 0 bridgehead atoms. The lowest BCUT2D eigenvalue weighted by molar-refractivity contribution is -0.159. The van der Waals surface area contributed by atoms with Crippen LogP contribution in [0.25, 0.3) is 0 Å². The van der Waals surface area contributed by atoms with Crippen LogP contribution in [0.3, 0.4) is 0 Å². The summed E-state index contributed by atoms with van der Waals surface area (Å²) in [5, 5.41) is 10.6. The Morgan fingerprint density at radius 2 is 2.22 bits per heavy atom. The first-order valence-corrected chi connectivity index (χ1v) is 6.19. The maximum atomic E-state index is 11.9. The Hall–Kier alpha value is -1.49. The molecule has 0 aliphatic rings. The summed E-state index contributed by atoms with van der Waals surface area (Å²) in [7, 11) is 0. The van der Waals surface area contributed by atoms with Crippen LogP contribution in [0.15, 0.2) is 18.6 Å². The Bertz CT molecular complexity index is 379. The summed E-state index contributed by atoms with van der Waals surface area (Å²) in [4.78, 5) is 19.9. The number of carbonyl (C=O) groups excluding carboxylic acids is 1. The third-order valence-corrected chi connectivity index (χ3v) is 2.91. The maximum Gasteiger partial charge on any atom is 0.312 e. The Morgan fingerprint density at radius 3 is 2.72 bits per heavy atom. The van der Waals surface area contributed by atoms with Gasteiger partial charge in [0.1, 0.15) is 5.60 Å². The molecule has 1 heterocycles. The molecule has 5 nitrogen and oxygen atoms in total. The number of carbonyl (C=O) groups is 1. The molecule has 0 saturated heterocycles. The predicted octanol–water partition coefficient (Wildman–Crippen LogP) is 1.66. The molecule has 0 radical (unpaired) electrons. The lowest BCUT2D eigenvalue weighted by Gasteiger charge is -2.30. The number of rotatable bonds is 6. The second kappa shape index (κ2) is 6.44. The number of ether oxygens (including phenoxy) is 1. The van der Waals surface area contributed by atoms with Crippen LogP contribution in [0.2, 0.25) is 0 Å². The SMILES string of the molecule is CCCC(C(=O)OCC)C(C)(O)c1cnccn1. The van der Waals surface area contributed by atoms with E-state index in [9.17, 15) is 9.90 Å². The zero-order chi connectivity index (χ0) is 13.6. The first-order chi connectivity index (χ1) is 8.54. The number of hydrogen-bond donors (Lipinski definition) is 1. The zero-order valence-electron chi connectivity index (χ0n) is 11.1. The van der Waals surface area contributed by atoms with E-state index in [2.05, 4.69) is 9.97 Å². The summed E-state index contributed by atoms with van der Waals surface area (Å²) in [6.45, 7) is 5.58. The van der Waals surface area contributed by atoms with E-state index in [-0.39, 0.29) is 0 Å². The molecule has 0 aliphatic heterocycles. The summed E-state index contributed by atoms with van der Waals surface area (Å²) in [5.74, 6) is -1.02. The van der Waals surface area contributed by atoms with Crippen LogP contribution in [0.4, 0.5) is 0 Å². The highest BCUT2D eigenvalue weighted by molar-refractivity contribution is 5.74. The van der Waals surface area contributed by atoms with Gasteiger partial charge in [-0.3, -0.25) is 14.8 Å². The molecule has 2 atom stereocenters. The van der Waals surface area contributed by atoms with Crippen LogP contribution < -0.4 is 0 Å². The van der Waals surface area contributed by atoms with Gasteiger partial charge in [-0.15, -0.1) is 0 Å². The van der Waals surface area contributed by atoms with Gasteiger partial charge in [0, 0.05) is 12.4 Å². The zero-order valence-corrected chi connectivity index (χ0v) is 11.1. The van der Waals surface area contributed by atoms with Crippen molar-refractivity contribution in [2.45, 2.75) is 39.2 Å². The van der Waals surface area contributed by atoms with Gasteiger partial charge < -0.3 is 9.84 Å². The molecule has 1 aromatic heterocycles. The molecule has 0 spiro atoms. The highest BCUT2D eigenvalue weighted by Crippen LogP contribution is 2.31. The van der Waals surface area contributed by atoms with E-state index in [1.54, 1.807) is 13.8 Å². The normalized spacial score (nSPS) is 15.8. The van der Waals surface area contributed by atoms with Crippen LogP contribution in [0.5, 0.6) is 0 Å². The van der Waals surface area contributed by atoms with E-state index in [1.165, 1.54) is 18.6 Å². The van der Waals surface area contributed by atoms with Crippen LogP contribution in [0, 0.1) is 5.92 Å². The third-order valence-electron chi connectivity index (χ3n) is 2.91. The minimum absolute atomic E-state index is 0.301. The Balaban J connectivity index is 3.00. The van der Waals surface area contributed by atoms with Crippen molar-refractivity contribution >= 4 is 5.97 Å². The molecule has 0 aliphatic carbocycles. The van der Waals surface area contributed by atoms with Crippen LogP contribution in [-0.4, -0.2) is 27.7 Å². The topological polar surface area (TPSA) is 72.3 Å². The fourth-order valence-corrected chi connectivity index (χ4v) is 1.90. The Kier molecular flexibility index (Phi) is 5.22. The highest BCUT2D eigenvalue weighted by atomic mass is 16.5. The van der Waals surface area contributed by atoms with Crippen molar-refractivity contribution in [3.8, 4) is 0 Å². The van der Waals surface area contributed by atoms with Gasteiger partial charge in [-0.05, 0) is 20.3 Å². The van der Waals surface area contributed by atoms with Gasteiger partial charge in [-0.2, -0.15) is 0 Å². The molecule has 5 heteroatoms. The molecule has 0 fully saturated rings. The van der Waals surface area contributed by atoms with Crippen LogP contribution >= 0.6 is 0 Å². The molecule has 18 heavy (non-hydrogen) atoms. The fourth-order valence-electron chi connectivity index (χ4n) is 1.90. The lowest BCUT2D eigenvalue weighted by atomic mass is 9.83. The monoisotopic (exact) mass is 252 g/mol. The van der Waals surface area contributed by atoms with Crippen molar-refractivity contribution in [2.24, 2.45) is 5.92 Å². The van der Waals surface area contributed by atoms with Crippen LogP contribution in [0.1, 0.15) is 39.3 Å². The summed E-state index contributed by atoms with van der Waals surface area (Å²) >= 11 is 0. The van der Waals surface area contributed by atoms with Gasteiger partial charge in [-0.25, -0.2) is 0 Å². The number of aromatic nitrogens is 2. The molecule has 1 N–H and O–H groups in total. The molecular formula is C13H20N2O3. The number of esters is 1. The van der Waals surface area contributed by atoms with Crippen molar-refractivity contribution in [1.82, 2.24) is 9.97 Å². The van der Waals surface area contributed by atoms with Gasteiger partial charge in [0.2, 0.25) is 0 Å². The molecule has 1 aromatic rings. The van der Waals surface area contributed by atoms with E-state index in [4.69, 9.17) is 4.74 Å². The Morgan fingerprint density at radius 1 is 1.50 bits per heavy atom. The van der Waals surface area contributed by atoms with Crippen molar-refractivity contribution in [3.63, 3.8) is 0 Å². The fraction of sp³-hybridized carbons (Fsp3) is 0.615. The minimum atomic E-state index is -1.36. The minimum Gasteiger partial charge on any atom is -0.466 e. The third kappa shape index (κ3) is 3.26. The van der Waals surface area contributed by atoms with Crippen molar-refractivity contribution in [2.75, 3.05) is 6.61 Å². The second-order valence-corrected chi connectivity index (χ2v) is 4.33. The van der Waals surface area contributed by atoms with Gasteiger partial charge in [0.25, 0.3) is 0 Å². The van der Waals surface area contributed by atoms with Crippen molar-refractivity contribution in [3.05, 3.63) is 24.3 Å². The largest absolute Gasteiger partial charge is 0.466 e. The van der Waals surface area contributed by atoms with Gasteiger partial charge in [0.15, 0.2) is 0 Å². The summed E-state index contributed by atoms with van der Waals surface area (Å²) in [6, 6.07) is 0. The van der Waals surface area contributed by atoms with Gasteiger partial charge in [0.05, 0.1) is 24.4 Å². The summed E-state index contributed by atoms with van der Waals surface area (Å²) < 4.78 is 5.02. The smallest absolute Gasteiger partial charge is 0.312 e. The second-order valence-electron chi connectivity index (χ2n) is 4.33. The summed E-state index contributed by atoms with van der Waals surface area (Å²) in [5.41, 5.74) is -0.979. The first-order valence-electron chi connectivity index (χ1n) is 6.19. The van der Waals surface area contributed by atoms with Crippen molar-refractivity contribution < 1.29 is 14.6 Å². The predicted molar refractivity (Wildman–Crippen MR) is 66.6 cm³/mol. The molecule has 1 rings (SSSR count). The number of aliphatic hydroxyl groups is 1. The molecule has 0 aromatic carbocycles. The standard InChI is InChI=1S/C13H20N2O3/c1-4-6-10(12(16)18-5-2)13(3,17)11-9-14-7-8-15-11/h7-10,17H,4-6H2,1-3H3. The van der Waals surface area contributed by atoms with E-state index < -0.39 is 17.5 Å². The molecule has 100 valence electrons. The number of nitrogens with zero attached hydrogens (tertiary/aromatic N) is 2. The van der Waals surface area contributed by atoms with Gasteiger partial charge >= 0.3 is 5.97 Å². The van der Waals surface area contributed by atoms with E-state index in [1.807, 2.05) is 6.92 Å². The highest BCUT2D eigenvalue weighted by Gasteiger charge is 2.40.